The first-order valence-electron chi connectivity index (χ1n) is 8.29. The number of ether oxygens (including phenoxy) is 1. The lowest BCUT2D eigenvalue weighted by atomic mass is 10.2. The number of hydrogen-bond donors (Lipinski definition) is 1. The van der Waals surface area contributed by atoms with Gasteiger partial charge in [-0.3, -0.25) is 0 Å². The Hall–Kier alpha value is -2.67. The summed E-state index contributed by atoms with van der Waals surface area (Å²) in [4.78, 5) is 20.1. The molecule has 1 aromatic carbocycles. The Morgan fingerprint density at radius 3 is 2.54 bits per heavy atom. The van der Waals surface area contributed by atoms with Crippen LogP contribution in [0.3, 0.4) is 0 Å². The molecule has 0 atom stereocenters. The summed E-state index contributed by atoms with van der Waals surface area (Å²) in [5.41, 5.74) is 7.25. The van der Waals surface area contributed by atoms with E-state index in [0.29, 0.717) is 11.7 Å². The minimum atomic E-state index is -0.508. The molecule has 1 fully saturated rings. The van der Waals surface area contributed by atoms with Gasteiger partial charge in [0.1, 0.15) is 12.3 Å². The summed E-state index contributed by atoms with van der Waals surface area (Å²) < 4.78 is 9.99. The van der Waals surface area contributed by atoms with Crippen LogP contribution >= 0.6 is 11.6 Å². The molecule has 2 N–H and O–H groups in total. The summed E-state index contributed by atoms with van der Waals surface area (Å²) in [5.74, 6) is 0.685. The molecule has 1 saturated heterocycles. The molecule has 26 heavy (non-hydrogen) atoms. The number of guanidine groups is 1. The van der Waals surface area contributed by atoms with Crippen LogP contribution in [-0.4, -0.2) is 50.1 Å². The van der Waals surface area contributed by atoms with Crippen molar-refractivity contribution in [2.24, 2.45) is 10.7 Å². The van der Waals surface area contributed by atoms with Gasteiger partial charge in [0.2, 0.25) is 5.76 Å². The average molecular weight is 377 g/mol. The SMILES string of the molecule is COC(=O)c1ccc(CN=C(N)N2CCN(c3ccc(Cl)cc3)CC2)o1. The van der Waals surface area contributed by atoms with Crippen LogP contribution in [0, 0.1) is 0 Å². The molecule has 138 valence electrons. The number of furan rings is 1. The monoisotopic (exact) mass is 376 g/mol. The highest BCUT2D eigenvalue weighted by molar-refractivity contribution is 6.30. The van der Waals surface area contributed by atoms with Crippen molar-refractivity contribution in [3.63, 3.8) is 0 Å². The van der Waals surface area contributed by atoms with E-state index in [0.717, 1.165) is 36.9 Å². The van der Waals surface area contributed by atoms with Crippen LogP contribution in [0.4, 0.5) is 5.69 Å². The zero-order chi connectivity index (χ0) is 18.5. The second-order valence-corrected chi connectivity index (χ2v) is 6.32. The van der Waals surface area contributed by atoms with Gasteiger partial charge >= 0.3 is 5.97 Å². The van der Waals surface area contributed by atoms with Crippen molar-refractivity contribution < 1.29 is 13.9 Å². The third-order valence-electron chi connectivity index (χ3n) is 4.24. The van der Waals surface area contributed by atoms with Gasteiger partial charge in [0.15, 0.2) is 5.96 Å². The van der Waals surface area contributed by atoms with Crippen LogP contribution in [0.5, 0.6) is 0 Å². The van der Waals surface area contributed by atoms with E-state index in [1.54, 1.807) is 12.1 Å². The molecule has 1 aliphatic rings. The van der Waals surface area contributed by atoms with Gasteiger partial charge < -0.3 is 24.7 Å². The molecule has 0 unspecified atom stereocenters. The van der Waals surface area contributed by atoms with E-state index in [9.17, 15) is 4.79 Å². The fraction of sp³-hybridized carbons (Fsp3) is 0.333. The summed E-state index contributed by atoms with van der Waals surface area (Å²) in [6.45, 7) is 3.55. The average Bonchev–Trinajstić information content (AvgIpc) is 3.15. The quantitative estimate of drug-likeness (QED) is 0.501. The summed E-state index contributed by atoms with van der Waals surface area (Å²) in [6, 6.07) is 11.1. The van der Waals surface area contributed by atoms with E-state index >= 15 is 0 Å². The largest absolute Gasteiger partial charge is 0.463 e. The topological polar surface area (TPSA) is 84.3 Å². The molecule has 1 aromatic heterocycles. The second kappa shape index (κ2) is 8.14. The number of benzene rings is 1. The number of carbonyl (C=O) groups excluding carboxylic acids is 1. The van der Waals surface area contributed by atoms with Crippen molar-refractivity contribution >= 4 is 29.2 Å². The fourth-order valence-electron chi connectivity index (χ4n) is 2.78. The molecule has 0 spiro atoms. The zero-order valence-electron chi connectivity index (χ0n) is 14.5. The molecule has 0 amide bonds. The lowest BCUT2D eigenvalue weighted by molar-refractivity contribution is 0.0563. The van der Waals surface area contributed by atoms with Gasteiger partial charge in [0.05, 0.1) is 7.11 Å². The van der Waals surface area contributed by atoms with Gasteiger partial charge in [0, 0.05) is 36.9 Å². The van der Waals surface area contributed by atoms with Crippen molar-refractivity contribution in [1.29, 1.82) is 0 Å². The molecule has 7 nitrogen and oxygen atoms in total. The lowest BCUT2D eigenvalue weighted by Gasteiger charge is -2.36. The summed E-state index contributed by atoms with van der Waals surface area (Å²) >= 11 is 5.94. The Kier molecular flexibility index (Phi) is 5.68. The first-order chi connectivity index (χ1) is 12.6. The van der Waals surface area contributed by atoms with Gasteiger partial charge in [-0.1, -0.05) is 11.6 Å². The van der Waals surface area contributed by atoms with Gasteiger partial charge in [0.25, 0.3) is 0 Å². The molecule has 0 saturated carbocycles. The highest BCUT2D eigenvalue weighted by atomic mass is 35.5. The Bertz CT molecular complexity index is 780. The number of carbonyl (C=O) groups is 1. The molecular weight excluding hydrogens is 356 g/mol. The van der Waals surface area contributed by atoms with E-state index in [1.807, 2.05) is 29.2 Å². The summed E-state index contributed by atoms with van der Waals surface area (Å²) in [5, 5.41) is 0.733. The smallest absolute Gasteiger partial charge is 0.373 e. The molecule has 3 rings (SSSR count). The van der Waals surface area contributed by atoms with Crippen molar-refractivity contribution in [3.05, 3.63) is 52.9 Å². The van der Waals surface area contributed by atoms with Gasteiger partial charge in [-0.2, -0.15) is 0 Å². The molecule has 0 radical (unpaired) electrons. The maximum Gasteiger partial charge on any atom is 0.373 e. The van der Waals surface area contributed by atoms with Crippen molar-refractivity contribution in [2.75, 3.05) is 38.2 Å². The number of esters is 1. The summed E-state index contributed by atoms with van der Waals surface area (Å²) in [7, 11) is 1.31. The van der Waals surface area contributed by atoms with Crippen LogP contribution in [0.2, 0.25) is 5.02 Å². The van der Waals surface area contributed by atoms with Crippen molar-refractivity contribution in [3.8, 4) is 0 Å². The maximum absolute atomic E-state index is 11.4. The normalized spacial score (nSPS) is 15.2. The highest BCUT2D eigenvalue weighted by Gasteiger charge is 2.18. The van der Waals surface area contributed by atoms with Crippen LogP contribution in [-0.2, 0) is 11.3 Å². The van der Waals surface area contributed by atoms with Crippen molar-refractivity contribution in [2.45, 2.75) is 6.54 Å². The van der Waals surface area contributed by atoms with Crippen LogP contribution < -0.4 is 10.6 Å². The molecule has 1 aliphatic heterocycles. The predicted octanol–water partition coefficient (Wildman–Crippen LogP) is 2.36. The third kappa shape index (κ3) is 4.29. The van der Waals surface area contributed by atoms with E-state index in [-0.39, 0.29) is 12.3 Å². The zero-order valence-corrected chi connectivity index (χ0v) is 15.3. The first-order valence-corrected chi connectivity index (χ1v) is 8.67. The number of piperazine rings is 1. The van der Waals surface area contributed by atoms with E-state index in [4.69, 9.17) is 21.8 Å². The number of anilines is 1. The van der Waals surface area contributed by atoms with Gasteiger partial charge in [-0.05, 0) is 36.4 Å². The number of rotatable bonds is 4. The number of methoxy groups -OCH3 is 1. The number of nitrogens with two attached hydrogens (primary N) is 1. The molecule has 8 heteroatoms. The number of nitrogens with zero attached hydrogens (tertiary/aromatic N) is 3. The molecule has 0 bridgehead atoms. The minimum absolute atomic E-state index is 0.160. The third-order valence-corrected chi connectivity index (χ3v) is 4.49. The number of hydrogen-bond acceptors (Lipinski definition) is 5. The highest BCUT2D eigenvalue weighted by Crippen LogP contribution is 2.19. The van der Waals surface area contributed by atoms with Crippen LogP contribution in [0.25, 0.3) is 0 Å². The second-order valence-electron chi connectivity index (χ2n) is 5.88. The van der Waals surface area contributed by atoms with Gasteiger partial charge in [-0.15, -0.1) is 0 Å². The van der Waals surface area contributed by atoms with E-state index < -0.39 is 5.97 Å². The Labute approximate surface area is 157 Å². The molecule has 0 aliphatic carbocycles. The molecular formula is C18H21ClN4O3. The predicted molar refractivity (Wildman–Crippen MR) is 101 cm³/mol. The number of aliphatic imine (C=N–C) groups is 1. The molecule has 2 aromatic rings. The van der Waals surface area contributed by atoms with E-state index in [1.165, 1.54) is 7.11 Å². The maximum atomic E-state index is 11.4. The Morgan fingerprint density at radius 2 is 1.88 bits per heavy atom. The Balaban J connectivity index is 1.53. The van der Waals surface area contributed by atoms with E-state index in [2.05, 4.69) is 14.6 Å². The lowest BCUT2D eigenvalue weighted by Crippen LogP contribution is -2.51. The first kappa shape index (κ1) is 18.1. The minimum Gasteiger partial charge on any atom is -0.463 e. The summed E-state index contributed by atoms with van der Waals surface area (Å²) in [6.07, 6.45) is 0. The molecule has 2 heterocycles. The van der Waals surface area contributed by atoms with Gasteiger partial charge in [-0.25, -0.2) is 9.79 Å². The van der Waals surface area contributed by atoms with Crippen molar-refractivity contribution in [1.82, 2.24) is 4.90 Å². The Morgan fingerprint density at radius 1 is 1.19 bits per heavy atom. The fourth-order valence-corrected chi connectivity index (χ4v) is 2.90. The number of halogens is 1. The standard InChI is InChI=1S/C18H21ClN4O3/c1-25-17(24)16-7-6-15(26-16)12-21-18(20)23-10-8-22(9-11-23)14-4-2-13(19)3-5-14/h2-7H,8-12H2,1H3,(H2,20,21). The van der Waals surface area contributed by atoms with Crippen LogP contribution in [0.1, 0.15) is 16.3 Å². The van der Waals surface area contributed by atoms with Crippen LogP contribution in [0.15, 0.2) is 45.8 Å².